The second-order valence-corrected chi connectivity index (χ2v) is 6.78. The number of nitrogens with one attached hydrogen (secondary N) is 2. The van der Waals surface area contributed by atoms with Crippen LogP contribution in [0.3, 0.4) is 0 Å². The molecule has 2 aromatic carbocycles. The summed E-state index contributed by atoms with van der Waals surface area (Å²) in [6, 6.07) is 13.0. The minimum Gasteiger partial charge on any atom is -0.490 e. The molecule has 30 heavy (non-hydrogen) atoms. The molecule has 0 fully saturated rings. The number of fused-ring (bicyclic) bond motifs is 1. The second-order valence-electron chi connectivity index (χ2n) is 6.78. The van der Waals surface area contributed by atoms with Gasteiger partial charge in [0.1, 0.15) is 5.82 Å². The molecular formula is C23H27N3O4. The van der Waals surface area contributed by atoms with Crippen LogP contribution in [0.15, 0.2) is 47.3 Å². The van der Waals surface area contributed by atoms with Gasteiger partial charge in [-0.3, -0.25) is 9.59 Å². The summed E-state index contributed by atoms with van der Waals surface area (Å²) in [4.78, 5) is 31.5. The number of aryl methyl sites for hydroxylation is 1. The van der Waals surface area contributed by atoms with Crippen molar-refractivity contribution in [2.75, 3.05) is 19.8 Å². The molecule has 0 saturated carbocycles. The molecule has 0 aliphatic carbocycles. The van der Waals surface area contributed by atoms with E-state index in [0.29, 0.717) is 49.3 Å². The van der Waals surface area contributed by atoms with Crippen LogP contribution in [0.25, 0.3) is 10.9 Å². The molecule has 0 aliphatic heterocycles. The molecule has 0 unspecified atom stereocenters. The fourth-order valence-electron chi connectivity index (χ4n) is 3.17. The van der Waals surface area contributed by atoms with Crippen molar-refractivity contribution in [2.24, 2.45) is 0 Å². The van der Waals surface area contributed by atoms with Crippen molar-refractivity contribution in [3.8, 4) is 11.5 Å². The van der Waals surface area contributed by atoms with Gasteiger partial charge in [0.05, 0.1) is 24.1 Å². The summed E-state index contributed by atoms with van der Waals surface area (Å²) >= 11 is 0. The SMILES string of the molecule is CCOc1ccc(CCNC(=O)CCc2nc3ccccc3c(=O)[nH]2)cc1OCC. The van der Waals surface area contributed by atoms with Crippen molar-refractivity contribution in [1.82, 2.24) is 15.3 Å². The number of para-hydroxylation sites is 1. The van der Waals surface area contributed by atoms with E-state index in [2.05, 4.69) is 15.3 Å². The van der Waals surface area contributed by atoms with E-state index in [1.165, 1.54) is 0 Å². The van der Waals surface area contributed by atoms with Crippen molar-refractivity contribution < 1.29 is 14.3 Å². The number of aromatic amines is 1. The monoisotopic (exact) mass is 409 g/mol. The molecule has 3 rings (SSSR count). The number of nitrogens with zero attached hydrogens (tertiary/aromatic N) is 1. The third kappa shape index (κ3) is 5.59. The largest absolute Gasteiger partial charge is 0.490 e. The van der Waals surface area contributed by atoms with Gasteiger partial charge in [0.2, 0.25) is 5.91 Å². The first-order chi connectivity index (χ1) is 14.6. The normalized spacial score (nSPS) is 10.7. The maximum Gasteiger partial charge on any atom is 0.258 e. The van der Waals surface area contributed by atoms with Gasteiger partial charge in [0.25, 0.3) is 5.56 Å². The highest BCUT2D eigenvalue weighted by molar-refractivity contribution is 5.78. The van der Waals surface area contributed by atoms with E-state index in [1.807, 2.05) is 38.1 Å². The Hall–Kier alpha value is -3.35. The highest BCUT2D eigenvalue weighted by Crippen LogP contribution is 2.28. The fourth-order valence-corrected chi connectivity index (χ4v) is 3.17. The molecule has 1 heterocycles. The topological polar surface area (TPSA) is 93.3 Å². The van der Waals surface area contributed by atoms with E-state index in [1.54, 1.807) is 18.2 Å². The van der Waals surface area contributed by atoms with Gasteiger partial charge in [-0.1, -0.05) is 18.2 Å². The van der Waals surface area contributed by atoms with E-state index in [0.717, 1.165) is 17.1 Å². The molecule has 0 bridgehead atoms. The fraction of sp³-hybridized carbons (Fsp3) is 0.348. The minimum atomic E-state index is -0.184. The number of H-pyrrole nitrogens is 1. The molecule has 0 spiro atoms. The van der Waals surface area contributed by atoms with Crippen LogP contribution in [0.2, 0.25) is 0 Å². The Morgan fingerprint density at radius 2 is 1.80 bits per heavy atom. The Bertz CT molecular complexity index is 1060. The lowest BCUT2D eigenvalue weighted by Crippen LogP contribution is -2.26. The van der Waals surface area contributed by atoms with Gasteiger partial charge in [-0.2, -0.15) is 0 Å². The van der Waals surface area contributed by atoms with Crippen LogP contribution < -0.4 is 20.3 Å². The number of benzene rings is 2. The molecule has 7 heteroatoms. The van der Waals surface area contributed by atoms with E-state index < -0.39 is 0 Å². The van der Waals surface area contributed by atoms with Crippen LogP contribution in [-0.2, 0) is 17.6 Å². The van der Waals surface area contributed by atoms with Gasteiger partial charge in [-0.15, -0.1) is 0 Å². The third-order valence-corrected chi connectivity index (χ3v) is 4.59. The van der Waals surface area contributed by atoms with Crippen LogP contribution in [0.4, 0.5) is 0 Å². The lowest BCUT2D eigenvalue weighted by molar-refractivity contribution is -0.121. The zero-order valence-corrected chi connectivity index (χ0v) is 17.4. The van der Waals surface area contributed by atoms with E-state index in [-0.39, 0.29) is 17.9 Å². The quantitative estimate of drug-likeness (QED) is 0.537. The number of hydrogen-bond donors (Lipinski definition) is 2. The molecule has 0 radical (unpaired) electrons. The molecule has 0 atom stereocenters. The Kier molecular flexibility index (Phi) is 7.43. The lowest BCUT2D eigenvalue weighted by Gasteiger charge is -2.12. The van der Waals surface area contributed by atoms with Gasteiger partial charge in [-0.05, 0) is 50.1 Å². The van der Waals surface area contributed by atoms with Gasteiger partial charge in [-0.25, -0.2) is 4.98 Å². The smallest absolute Gasteiger partial charge is 0.258 e. The highest BCUT2D eigenvalue weighted by atomic mass is 16.5. The standard InChI is InChI=1S/C23H27N3O4/c1-3-29-19-10-9-16(15-20(19)30-4-2)13-14-24-22(27)12-11-21-25-18-8-6-5-7-17(18)23(28)26-21/h5-10,15H,3-4,11-14H2,1-2H3,(H,24,27)(H,25,26,28). The van der Waals surface area contributed by atoms with Crippen molar-refractivity contribution in [3.05, 3.63) is 64.2 Å². The number of carbonyl (C=O) groups excluding carboxylic acids is 1. The average molecular weight is 409 g/mol. The van der Waals surface area contributed by atoms with Gasteiger partial charge in [0, 0.05) is 19.4 Å². The Morgan fingerprint density at radius 1 is 1.03 bits per heavy atom. The Morgan fingerprint density at radius 3 is 2.60 bits per heavy atom. The van der Waals surface area contributed by atoms with E-state index >= 15 is 0 Å². The lowest BCUT2D eigenvalue weighted by atomic mass is 10.1. The number of carbonyl (C=O) groups is 1. The molecule has 2 N–H and O–H groups in total. The Balaban J connectivity index is 1.50. The number of rotatable bonds is 10. The summed E-state index contributed by atoms with van der Waals surface area (Å²) in [6.07, 6.45) is 1.32. The highest BCUT2D eigenvalue weighted by Gasteiger charge is 2.08. The summed E-state index contributed by atoms with van der Waals surface area (Å²) in [6.45, 7) is 5.51. The molecule has 158 valence electrons. The number of aromatic nitrogens is 2. The first-order valence-electron chi connectivity index (χ1n) is 10.2. The minimum absolute atomic E-state index is 0.0817. The summed E-state index contributed by atoms with van der Waals surface area (Å²) in [5.74, 6) is 1.88. The summed E-state index contributed by atoms with van der Waals surface area (Å²) in [5.41, 5.74) is 1.51. The number of amides is 1. The first-order valence-corrected chi connectivity index (χ1v) is 10.2. The second kappa shape index (κ2) is 10.4. The van der Waals surface area contributed by atoms with Crippen molar-refractivity contribution >= 4 is 16.8 Å². The third-order valence-electron chi connectivity index (χ3n) is 4.59. The van der Waals surface area contributed by atoms with Gasteiger partial charge >= 0.3 is 0 Å². The first kappa shape index (κ1) is 21.4. The summed E-state index contributed by atoms with van der Waals surface area (Å²) < 4.78 is 11.2. The van der Waals surface area contributed by atoms with Crippen molar-refractivity contribution in [2.45, 2.75) is 33.1 Å². The maximum absolute atomic E-state index is 12.2. The molecule has 0 saturated heterocycles. The van der Waals surface area contributed by atoms with E-state index in [4.69, 9.17) is 9.47 Å². The average Bonchev–Trinajstić information content (AvgIpc) is 2.74. The summed E-state index contributed by atoms with van der Waals surface area (Å²) in [5, 5.41) is 3.46. The molecular weight excluding hydrogens is 382 g/mol. The molecule has 1 aromatic heterocycles. The maximum atomic E-state index is 12.2. The zero-order valence-electron chi connectivity index (χ0n) is 17.4. The van der Waals surface area contributed by atoms with E-state index in [9.17, 15) is 9.59 Å². The predicted molar refractivity (Wildman–Crippen MR) is 116 cm³/mol. The van der Waals surface area contributed by atoms with Crippen LogP contribution >= 0.6 is 0 Å². The van der Waals surface area contributed by atoms with Gasteiger partial charge < -0.3 is 19.8 Å². The molecule has 3 aromatic rings. The van der Waals surface area contributed by atoms with Crippen LogP contribution in [0, 0.1) is 0 Å². The molecule has 0 aliphatic rings. The van der Waals surface area contributed by atoms with Crippen molar-refractivity contribution in [3.63, 3.8) is 0 Å². The van der Waals surface area contributed by atoms with Crippen LogP contribution in [-0.4, -0.2) is 35.6 Å². The van der Waals surface area contributed by atoms with Crippen molar-refractivity contribution in [1.29, 1.82) is 0 Å². The number of ether oxygens (including phenoxy) is 2. The van der Waals surface area contributed by atoms with Crippen LogP contribution in [0.5, 0.6) is 11.5 Å². The molecule has 1 amide bonds. The predicted octanol–water partition coefficient (Wildman–Crippen LogP) is 3.01. The zero-order chi connectivity index (χ0) is 21.3. The summed E-state index contributed by atoms with van der Waals surface area (Å²) in [7, 11) is 0. The van der Waals surface area contributed by atoms with Crippen LogP contribution in [0.1, 0.15) is 31.7 Å². The number of hydrogen-bond acceptors (Lipinski definition) is 5. The molecule has 7 nitrogen and oxygen atoms in total. The van der Waals surface area contributed by atoms with Gasteiger partial charge in [0.15, 0.2) is 11.5 Å². The Labute approximate surface area is 175 Å².